The van der Waals surface area contributed by atoms with E-state index >= 15 is 0 Å². The fourth-order valence-electron chi connectivity index (χ4n) is 1.73. The summed E-state index contributed by atoms with van der Waals surface area (Å²) in [6, 6.07) is 0.351. The average molecular weight is 227 g/mol. The summed E-state index contributed by atoms with van der Waals surface area (Å²) in [7, 11) is 0. The Kier molecular flexibility index (Phi) is 4.36. The van der Waals surface area contributed by atoms with Gasteiger partial charge >= 0.3 is 5.97 Å². The maximum atomic E-state index is 12.0. The Morgan fingerprint density at radius 1 is 1.31 bits per heavy atom. The molecule has 3 heteroatoms. The van der Waals surface area contributed by atoms with Gasteiger partial charge in [0.1, 0.15) is 11.6 Å². The first-order chi connectivity index (χ1) is 7.29. The normalized spacial score (nSPS) is 19.4. The van der Waals surface area contributed by atoms with Gasteiger partial charge in [0, 0.05) is 6.04 Å². The Labute approximate surface area is 98.9 Å². The minimum atomic E-state index is -0.397. The van der Waals surface area contributed by atoms with Gasteiger partial charge in [-0.05, 0) is 39.5 Å². The van der Waals surface area contributed by atoms with E-state index in [1.165, 1.54) is 19.3 Å². The molecule has 0 bridgehead atoms. The number of esters is 1. The quantitative estimate of drug-likeness (QED) is 0.750. The molecule has 0 spiro atoms. The van der Waals surface area contributed by atoms with Crippen LogP contribution in [0.4, 0.5) is 0 Å². The molecule has 0 amide bonds. The van der Waals surface area contributed by atoms with E-state index in [0.717, 1.165) is 0 Å². The first-order valence-electron chi connectivity index (χ1n) is 6.28. The number of ether oxygens (including phenoxy) is 1. The van der Waals surface area contributed by atoms with E-state index < -0.39 is 5.60 Å². The summed E-state index contributed by atoms with van der Waals surface area (Å²) in [5.41, 5.74) is -0.397. The predicted octanol–water partition coefficient (Wildman–Crippen LogP) is 2.49. The Balaban J connectivity index is 2.51. The average Bonchev–Trinajstić information content (AvgIpc) is 1.96. The summed E-state index contributed by atoms with van der Waals surface area (Å²) in [5, 5.41) is 3.40. The zero-order valence-corrected chi connectivity index (χ0v) is 11.2. The van der Waals surface area contributed by atoms with E-state index in [-0.39, 0.29) is 17.9 Å². The lowest BCUT2D eigenvalue weighted by molar-refractivity contribution is -0.159. The lowest BCUT2D eigenvalue weighted by Gasteiger charge is -2.33. The van der Waals surface area contributed by atoms with Crippen molar-refractivity contribution in [2.24, 2.45) is 5.92 Å². The molecular weight excluding hydrogens is 202 g/mol. The highest BCUT2D eigenvalue weighted by atomic mass is 16.6. The van der Waals surface area contributed by atoms with Crippen molar-refractivity contribution >= 4 is 5.97 Å². The highest BCUT2D eigenvalue weighted by Crippen LogP contribution is 2.21. The second-order valence-electron chi connectivity index (χ2n) is 6.05. The van der Waals surface area contributed by atoms with E-state index in [2.05, 4.69) is 19.2 Å². The molecule has 0 radical (unpaired) electrons. The van der Waals surface area contributed by atoms with Gasteiger partial charge in [-0.15, -0.1) is 0 Å². The summed E-state index contributed by atoms with van der Waals surface area (Å²) in [5.74, 6) is 0.157. The van der Waals surface area contributed by atoms with Crippen molar-refractivity contribution in [3.8, 4) is 0 Å². The molecule has 1 fully saturated rings. The van der Waals surface area contributed by atoms with Crippen LogP contribution in [0.25, 0.3) is 0 Å². The fraction of sp³-hybridized carbons (Fsp3) is 0.923. The van der Waals surface area contributed by atoms with Crippen LogP contribution < -0.4 is 5.32 Å². The topological polar surface area (TPSA) is 38.3 Å². The SMILES string of the molecule is CC(C)[C@H](NC1CCC1)C(=O)OC(C)(C)C. The molecule has 0 aliphatic heterocycles. The van der Waals surface area contributed by atoms with Crippen molar-refractivity contribution < 1.29 is 9.53 Å². The van der Waals surface area contributed by atoms with Crippen LogP contribution in [0.15, 0.2) is 0 Å². The largest absolute Gasteiger partial charge is 0.459 e. The molecular formula is C13H25NO2. The van der Waals surface area contributed by atoms with Gasteiger partial charge in [-0.1, -0.05) is 20.3 Å². The molecule has 0 aromatic rings. The first kappa shape index (κ1) is 13.5. The number of carbonyl (C=O) groups excluding carboxylic acids is 1. The maximum Gasteiger partial charge on any atom is 0.323 e. The molecule has 0 heterocycles. The van der Waals surface area contributed by atoms with Gasteiger partial charge in [0.05, 0.1) is 0 Å². The molecule has 1 N–H and O–H groups in total. The van der Waals surface area contributed by atoms with Crippen molar-refractivity contribution in [2.45, 2.75) is 71.6 Å². The Hall–Kier alpha value is -0.570. The van der Waals surface area contributed by atoms with Crippen LogP contribution in [0, 0.1) is 5.92 Å². The first-order valence-corrected chi connectivity index (χ1v) is 6.28. The molecule has 16 heavy (non-hydrogen) atoms. The molecule has 1 atom stereocenters. The number of hydrogen-bond acceptors (Lipinski definition) is 3. The number of nitrogens with one attached hydrogen (secondary N) is 1. The Morgan fingerprint density at radius 2 is 1.88 bits per heavy atom. The summed E-state index contributed by atoms with van der Waals surface area (Å²) in [6.45, 7) is 9.84. The summed E-state index contributed by atoms with van der Waals surface area (Å²) in [6.07, 6.45) is 3.65. The monoisotopic (exact) mass is 227 g/mol. The van der Waals surface area contributed by atoms with Crippen LogP contribution in [0.5, 0.6) is 0 Å². The van der Waals surface area contributed by atoms with Gasteiger partial charge in [0.2, 0.25) is 0 Å². The lowest BCUT2D eigenvalue weighted by Crippen LogP contribution is -2.50. The highest BCUT2D eigenvalue weighted by Gasteiger charge is 2.31. The zero-order chi connectivity index (χ0) is 12.3. The molecule has 94 valence electrons. The van der Waals surface area contributed by atoms with Crippen LogP contribution in [0.2, 0.25) is 0 Å². The maximum absolute atomic E-state index is 12.0. The van der Waals surface area contributed by atoms with Gasteiger partial charge in [0.25, 0.3) is 0 Å². The molecule has 0 saturated heterocycles. The minimum absolute atomic E-state index is 0.116. The van der Waals surface area contributed by atoms with Gasteiger partial charge in [-0.3, -0.25) is 4.79 Å². The second kappa shape index (κ2) is 5.17. The predicted molar refractivity (Wildman–Crippen MR) is 65.2 cm³/mol. The highest BCUT2D eigenvalue weighted by molar-refractivity contribution is 5.76. The van der Waals surface area contributed by atoms with Gasteiger partial charge < -0.3 is 10.1 Å². The Morgan fingerprint density at radius 3 is 2.19 bits per heavy atom. The van der Waals surface area contributed by atoms with Gasteiger partial charge in [0.15, 0.2) is 0 Å². The van der Waals surface area contributed by atoms with Crippen molar-refractivity contribution in [1.29, 1.82) is 0 Å². The number of hydrogen-bond donors (Lipinski definition) is 1. The third-order valence-corrected chi connectivity index (χ3v) is 2.85. The summed E-state index contributed by atoms with van der Waals surface area (Å²) in [4.78, 5) is 12.0. The van der Waals surface area contributed by atoms with E-state index in [4.69, 9.17) is 4.74 Å². The standard InChI is InChI=1S/C13H25NO2/c1-9(2)11(14-10-7-6-8-10)12(15)16-13(3,4)5/h9-11,14H,6-8H2,1-5H3/t11-/m0/s1. The molecule has 3 nitrogen and oxygen atoms in total. The zero-order valence-electron chi connectivity index (χ0n) is 11.2. The molecule has 0 unspecified atom stereocenters. The van der Waals surface area contributed by atoms with Crippen molar-refractivity contribution in [1.82, 2.24) is 5.32 Å². The summed E-state index contributed by atoms with van der Waals surface area (Å²) < 4.78 is 5.43. The second-order valence-corrected chi connectivity index (χ2v) is 6.05. The van der Waals surface area contributed by atoms with Crippen LogP contribution >= 0.6 is 0 Å². The van der Waals surface area contributed by atoms with Gasteiger partial charge in [-0.25, -0.2) is 0 Å². The van der Waals surface area contributed by atoms with Crippen LogP contribution in [0.3, 0.4) is 0 Å². The molecule has 1 rings (SSSR count). The van der Waals surface area contributed by atoms with E-state index in [0.29, 0.717) is 6.04 Å². The lowest BCUT2D eigenvalue weighted by atomic mass is 9.91. The van der Waals surface area contributed by atoms with E-state index in [1.54, 1.807) is 0 Å². The van der Waals surface area contributed by atoms with Gasteiger partial charge in [-0.2, -0.15) is 0 Å². The third-order valence-electron chi connectivity index (χ3n) is 2.85. The fourth-order valence-corrected chi connectivity index (χ4v) is 1.73. The van der Waals surface area contributed by atoms with Crippen molar-refractivity contribution in [3.05, 3.63) is 0 Å². The minimum Gasteiger partial charge on any atom is -0.459 e. The smallest absolute Gasteiger partial charge is 0.323 e. The molecule has 0 aromatic heterocycles. The number of rotatable bonds is 4. The molecule has 1 saturated carbocycles. The molecule has 0 aromatic carbocycles. The number of carbonyl (C=O) groups is 1. The van der Waals surface area contributed by atoms with Crippen LogP contribution in [-0.4, -0.2) is 23.7 Å². The van der Waals surface area contributed by atoms with Crippen molar-refractivity contribution in [2.75, 3.05) is 0 Å². The third kappa shape index (κ3) is 4.12. The molecule has 1 aliphatic carbocycles. The van der Waals surface area contributed by atoms with Crippen LogP contribution in [-0.2, 0) is 9.53 Å². The Bertz CT molecular complexity index is 239. The molecule has 1 aliphatic rings. The summed E-state index contributed by atoms with van der Waals surface area (Å²) >= 11 is 0. The van der Waals surface area contributed by atoms with Crippen LogP contribution in [0.1, 0.15) is 53.9 Å². The van der Waals surface area contributed by atoms with E-state index in [9.17, 15) is 4.79 Å². The van der Waals surface area contributed by atoms with Crippen molar-refractivity contribution in [3.63, 3.8) is 0 Å². The van der Waals surface area contributed by atoms with E-state index in [1.807, 2.05) is 20.8 Å².